The average molecular weight is 187 g/mol. The standard InChI is InChI=1S/C8H13NO4/c1-5(10)9-4-7(12)3-8(9)13-6(2)11/h7-8,12H,3-4H2,1-2H3/t7-,8+/m1/s1. The fraction of sp³-hybridized carbons (Fsp3) is 0.750. The molecule has 0 aromatic rings. The Morgan fingerprint density at radius 1 is 1.46 bits per heavy atom. The van der Waals surface area contributed by atoms with Crippen LogP contribution in [0.5, 0.6) is 0 Å². The summed E-state index contributed by atoms with van der Waals surface area (Å²) in [7, 11) is 0. The van der Waals surface area contributed by atoms with Crippen LogP contribution in [0.3, 0.4) is 0 Å². The number of likely N-dealkylation sites (tertiary alicyclic amines) is 1. The monoisotopic (exact) mass is 187 g/mol. The van der Waals surface area contributed by atoms with Crippen molar-refractivity contribution >= 4 is 11.9 Å². The predicted molar refractivity (Wildman–Crippen MR) is 43.6 cm³/mol. The van der Waals surface area contributed by atoms with Gasteiger partial charge in [-0.1, -0.05) is 0 Å². The van der Waals surface area contributed by atoms with E-state index in [2.05, 4.69) is 0 Å². The van der Waals surface area contributed by atoms with Crippen LogP contribution in [0.1, 0.15) is 20.3 Å². The average Bonchev–Trinajstić information content (AvgIpc) is 2.29. The Balaban J connectivity index is 2.60. The van der Waals surface area contributed by atoms with Crippen LogP contribution in [0.2, 0.25) is 0 Å². The number of amides is 1. The molecule has 1 saturated heterocycles. The maximum Gasteiger partial charge on any atom is 0.304 e. The number of esters is 1. The van der Waals surface area contributed by atoms with Gasteiger partial charge >= 0.3 is 5.97 Å². The summed E-state index contributed by atoms with van der Waals surface area (Å²) in [5.74, 6) is -0.631. The highest BCUT2D eigenvalue weighted by Gasteiger charge is 2.34. The molecule has 1 aliphatic rings. The van der Waals surface area contributed by atoms with Crippen molar-refractivity contribution in [2.45, 2.75) is 32.6 Å². The van der Waals surface area contributed by atoms with Crippen molar-refractivity contribution in [3.8, 4) is 0 Å². The molecule has 0 aromatic carbocycles. The van der Waals surface area contributed by atoms with Crippen molar-refractivity contribution in [3.05, 3.63) is 0 Å². The Morgan fingerprint density at radius 2 is 2.08 bits per heavy atom. The molecule has 0 unspecified atom stereocenters. The molecule has 5 heteroatoms. The predicted octanol–water partition coefficient (Wildman–Crippen LogP) is -0.511. The van der Waals surface area contributed by atoms with E-state index in [-0.39, 0.29) is 12.5 Å². The van der Waals surface area contributed by atoms with Crippen LogP contribution in [0.15, 0.2) is 0 Å². The molecule has 1 heterocycles. The molecular weight excluding hydrogens is 174 g/mol. The largest absolute Gasteiger partial charge is 0.442 e. The van der Waals surface area contributed by atoms with E-state index in [9.17, 15) is 14.7 Å². The molecule has 0 spiro atoms. The third-order valence-corrected chi connectivity index (χ3v) is 1.94. The summed E-state index contributed by atoms with van der Waals surface area (Å²) < 4.78 is 4.86. The smallest absolute Gasteiger partial charge is 0.304 e. The van der Waals surface area contributed by atoms with Crippen LogP contribution in [0.4, 0.5) is 0 Å². The molecule has 0 radical (unpaired) electrons. The van der Waals surface area contributed by atoms with Crippen LogP contribution >= 0.6 is 0 Å². The van der Waals surface area contributed by atoms with Crippen LogP contribution in [-0.4, -0.2) is 40.8 Å². The van der Waals surface area contributed by atoms with Gasteiger partial charge in [-0.25, -0.2) is 0 Å². The number of hydrogen-bond acceptors (Lipinski definition) is 4. The number of carbonyl (C=O) groups is 2. The highest BCUT2D eigenvalue weighted by molar-refractivity contribution is 5.74. The summed E-state index contributed by atoms with van der Waals surface area (Å²) in [4.78, 5) is 23.0. The van der Waals surface area contributed by atoms with Gasteiger partial charge in [-0.05, 0) is 0 Å². The first kappa shape index (κ1) is 9.98. The Bertz CT molecular complexity index is 228. The van der Waals surface area contributed by atoms with Gasteiger partial charge in [0, 0.05) is 20.3 Å². The normalized spacial score (nSPS) is 27.5. The van der Waals surface area contributed by atoms with E-state index in [1.807, 2.05) is 0 Å². The lowest BCUT2D eigenvalue weighted by molar-refractivity contribution is -0.158. The molecule has 1 rings (SSSR count). The molecule has 2 atom stereocenters. The number of carbonyl (C=O) groups excluding carboxylic acids is 2. The van der Waals surface area contributed by atoms with Gasteiger partial charge in [0.15, 0.2) is 6.23 Å². The summed E-state index contributed by atoms with van der Waals surface area (Å²) in [5, 5.41) is 9.25. The van der Waals surface area contributed by atoms with E-state index >= 15 is 0 Å². The van der Waals surface area contributed by atoms with Gasteiger partial charge < -0.3 is 14.7 Å². The van der Waals surface area contributed by atoms with Gasteiger partial charge in [-0.2, -0.15) is 0 Å². The summed E-state index contributed by atoms with van der Waals surface area (Å²) in [6, 6.07) is 0. The topological polar surface area (TPSA) is 66.8 Å². The Kier molecular flexibility index (Phi) is 2.87. The van der Waals surface area contributed by atoms with Crippen LogP contribution < -0.4 is 0 Å². The summed E-state index contributed by atoms with van der Waals surface area (Å²) in [6.45, 7) is 2.91. The molecule has 0 aliphatic carbocycles. The molecule has 0 saturated carbocycles. The van der Waals surface area contributed by atoms with Crippen molar-refractivity contribution in [2.75, 3.05) is 6.54 Å². The number of β-amino-alcohol motifs (C(OH)–C–C–N with tert-alkyl or cyclic N) is 1. The fourth-order valence-electron chi connectivity index (χ4n) is 1.41. The van der Waals surface area contributed by atoms with E-state index in [1.54, 1.807) is 0 Å². The highest BCUT2D eigenvalue weighted by Crippen LogP contribution is 2.18. The lowest BCUT2D eigenvalue weighted by atomic mass is 10.3. The van der Waals surface area contributed by atoms with Crippen molar-refractivity contribution in [1.29, 1.82) is 0 Å². The van der Waals surface area contributed by atoms with Gasteiger partial charge in [0.05, 0.1) is 12.6 Å². The molecule has 5 nitrogen and oxygen atoms in total. The maximum absolute atomic E-state index is 11.0. The van der Waals surface area contributed by atoms with Gasteiger partial charge in [0.25, 0.3) is 0 Å². The zero-order valence-electron chi connectivity index (χ0n) is 7.69. The Morgan fingerprint density at radius 3 is 2.54 bits per heavy atom. The molecule has 1 N–H and O–H groups in total. The van der Waals surface area contributed by atoms with Gasteiger partial charge in [-0.3, -0.25) is 9.59 Å². The minimum absolute atomic E-state index is 0.192. The number of hydrogen-bond donors (Lipinski definition) is 1. The van der Waals surface area contributed by atoms with E-state index in [4.69, 9.17) is 4.74 Å². The molecule has 13 heavy (non-hydrogen) atoms. The molecular formula is C8H13NO4. The van der Waals surface area contributed by atoms with Gasteiger partial charge in [0.1, 0.15) is 0 Å². The number of aliphatic hydroxyl groups excluding tert-OH is 1. The molecule has 0 aromatic heterocycles. The van der Waals surface area contributed by atoms with Crippen molar-refractivity contribution < 1.29 is 19.4 Å². The van der Waals surface area contributed by atoms with Crippen LogP contribution in [0.25, 0.3) is 0 Å². The van der Waals surface area contributed by atoms with Crippen LogP contribution in [-0.2, 0) is 14.3 Å². The molecule has 0 bridgehead atoms. The first-order valence-electron chi connectivity index (χ1n) is 4.13. The second-order valence-electron chi connectivity index (χ2n) is 3.12. The number of aliphatic hydroxyl groups is 1. The summed E-state index contributed by atoms with van der Waals surface area (Å²) in [6.07, 6.45) is -0.877. The van der Waals surface area contributed by atoms with Gasteiger partial charge in [-0.15, -0.1) is 0 Å². The number of ether oxygens (including phenoxy) is 1. The minimum atomic E-state index is -0.593. The van der Waals surface area contributed by atoms with Crippen LogP contribution in [0, 0.1) is 0 Å². The quantitative estimate of drug-likeness (QED) is 0.561. The lowest BCUT2D eigenvalue weighted by Gasteiger charge is -2.21. The summed E-state index contributed by atoms with van der Waals surface area (Å²) >= 11 is 0. The van der Waals surface area contributed by atoms with E-state index in [0.717, 1.165) is 0 Å². The molecule has 1 fully saturated rings. The Hall–Kier alpha value is -1.10. The lowest BCUT2D eigenvalue weighted by Crippen LogP contribution is -2.36. The molecule has 1 amide bonds. The molecule has 74 valence electrons. The fourth-order valence-corrected chi connectivity index (χ4v) is 1.41. The minimum Gasteiger partial charge on any atom is -0.442 e. The SMILES string of the molecule is CC(=O)O[C@H]1C[C@@H](O)CN1C(C)=O. The second kappa shape index (κ2) is 3.74. The van der Waals surface area contributed by atoms with E-state index in [0.29, 0.717) is 6.42 Å². The second-order valence-corrected chi connectivity index (χ2v) is 3.12. The maximum atomic E-state index is 11.0. The number of rotatable bonds is 1. The van der Waals surface area contributed by atoms with E-state index < -0.39 is 18.3 Å². The first-order chi connectivity index (χ1) is 6.00. The van der Waals surface area contributed by atoms with Gasteiger partial charge in [0.2, 0.25) is 5.91 Å². The first-order valence-corrected chi connectivity index (χ1v) is 4.13. The molecule has 1 aliphatic heterocycles. The van der Waals surface area contributed by atoms with Crippen molar-refractivity contribution in [3.63, 3.8) is 0 Å². The van der Waals surface area contributed by atoms with Crippen molar-refractivity contribution in [1.82, 2.24) is 4.90 Å². The third-order valence-electron chi connectivity index (χ3n) is 1.94. The van der Waals surface area contributed by atoms with Crippen molar-refractivity contribution in [2.24, 2.45) is 0 Å². The Labute approximate surface area is 76.3 Å². The zero-order chi connectivity index (χ0) is 10.0. The number of nitrogens with zero attached hydrogens (tertiary/aromatic N) is 1. The third kappa shape index (κ3) is 2.42. The highest BCUT2D eigenvalue weighted by atomic mass is 16.6. The van der Waals surface area contributed by atoms with E-state index in [1.165, 1.54) is 18.7 Å². The summed E-state index contributed by atoms with van der Waals surface area (Å²) in [5.41, 5.74) is 0. The zero-order valence-corrected chi connectivity index (χ0v) is 7.69.